The summed E-state index contributed by atoms with van der Waals surface area (Å²) in [6, 6.07) is 7.53. The summed E-state index contributed by atoms with van der Waals surface area (Å²) in [5.74, 6) is 1.77. The topological polar surface area (TPSA) is 78.1 Å². The Morgan fingerprint density at radius 1 is 1.17 bits per heavy atom. The molecule has 0 unspecified atom stereocenters. The molecule has 0 saturated heterocycles. The number of esters is 1. The highest BCUT2D eigenvalue weighted by atomic mass is 16.5. The summed E-state index contributed by atoms with van der Waals surface area (Å²) in [6.45, 7) is 0.0486. The highest BCUT2D eigenvalue weighted by molar-refractivity contribution is 5.87. The molecule has 1 aromatic carbocycles. The van der Waals surface area contributed by atoms with Crippen LogP contribution in [0.15, 0.2) is 35.9 Å². The number of allylic oxidation sites excluding steroid dienone is 1. The smallest absolute Gasteiger partial charge is 0.331 e. The molecule has 2 aromatic rings. The Balaban J connectivity index is 1.46. The number of nitrogens with two attached hydrogens (primary N) is 1. The summed E-state index contributed by atoms with van der Waals surface area (Å²) < 4.78 is 5.32. The van der Waals surface area contributed by atoms with Gasteiger partial charge in [-0.15, -0.1) is 0 Å². The van der Waals surface area contributed by atoms with Crippen LogP contribution in [0.5, 0.6) is 0 Å². The monoisotopic (exact) mass is 309 g/mol. The fourth-order valence-corrected chi connectivity index (χ4v) is 2.93. The number of ether oxygens (including phenoxy) is 1. The zero-order chi connectivity index (χ0) is 15.8. The van der Waals surface area contributed by atoms with Gasteiger partial charge in [-0.3, -0.25) is 0 Å². The molecular weight excluding hydrogens is 290 g/mol. The molecule has 2 aliphatic rings. The molecule has 0 atom stereocenters. The molecule has 2 saturated carbocycles. The highest BCUT2D eigenvalue weighted by Gasteiger charge is 2.36. The number of rotatable bonds is 5. The molecule has 0 radical (unpaired) electrons. The van der Waals surface area contributed by atoms with Crippen LogP contribution in [0.2, 0.25) is 0 Å². The number of nitrogens with zero attached hydrogens (tertiary/aromatic N) is 2. The van der Waals surface area contributed by atoms with Crippen LogP contribution in [0.4, 0.5) is 5.82 Å². The lowest BCUT2D eigenvalue weighted by atomic mass is 10.1. The molecule has 2 N–H and O–H groups in total. The molecule has 23 heavy (non-hydrogen) atoms. The maximum Gasteiger partial charge on any atom is 0.331 e. The van der Waals surface area contributed by atoms with E-state index in [-0.39, 0.29) is 12.6 Å². The number of benzene rings is 1. The predicted octanol–water partition coefficient (Wildman–Crippen LogP) is 3.00. The Labute approximate surface area is 134 Å². The Kier molecular flexibility index (Phi) is 3.48. The average molecular weight is 309 g/mol. The van der Waals surface area contributed by atoms with Crippen molar-refractivity contribution < 1.29 is 9.53 Å². The molecule has 0 aliphatic heterocycles. The Bertz CT molecular complexity index is 778. The first-order valence-corrected chi connectivity index (χ1v) is 8.10. The number of hydrogen-bond acceptors (Lipinski definition) is 5. The second-order valence-electron chi connectivity index (χ2n) is 6.34. The summed E-state index contributed by atoms with van der Waals surface area (Å²) >= 11 is 0. The van der Waals surface area contributed by atoms with Crippen molar-refractivity contribution in [2.45, 2.75) is 32.3 Å². The summed E-state index contributed by atoms with van der Waals surface area (Å²) in [6.07, 6.45) is 6.53. The zero-order valence-corrected chi connectivity index (χ0v) is 12.9. The van der Waals surface area contributed by atoms with Gasteiger partial charge in [-0.25, -0.2) is 14.8 Å². The lowest BCUT2D eigenvalue weighted by Crippen LogP contribution is -2.08. The van der Waals surface area contributed by atoms with Gasteiger partial charge in [0.1, 0.15) is 5.82 Å². The lowest BCUT2D eigenvalue weighted by Gasteiger charge is -2.07. The quantitative estimate of drug-likeness (QED) is 0.678. The van der Waals surface area contributed by atoms with E-state index in [0.717, 1.165) is 10.9 Å². The number of aromatic nitrogens is 2. The largest absolute Gasteiger partial charge is 0.454 e. The van der Waals surface area contributed by atoms with Crippen molar-refractivity contribution in [3.63, 3.8) is 0 Å². The van der Waals surface area contributed by atoms with E-state index >= 15 is 0 Å². The summed E-state index contributed by atoms with van der Waals surface area (Å²) in [4.78, 5) is 20.7. The van der Waals surface area contributed by atoms with Crippen molar-refractivity contribution in [2.75, 3.05) is 5.73 Å². The number of nitrogen functional groups attached to an aromatic ring is 1. The molecular formula is C18H19N3O2. The minimum absolute atomic E-state index is 0.0486. The van der Waals surface area contributed by atoms with Gasteiger partial charge >= 0.3 is 5.97 Å². The van der Waals surface area contributed by atoms with Gasteiger partial charge in [0.2, 0.25) is 0 Å². The molecule has 5 heteroatoms. The van der Waals surface area contributed by atoms with Crippen molar-refractivity contribution in [3.05, 3.63) is 41.7 Å². The maximum absolute atomic E-state index is 12.1. The molecule has 1 aromatic heterocycles. The Morgan fingerprint density at radius 3 is 2.57 bits per heavy atom. The van der Waals surface area contributed by atoms with Gasteiger partial charge in [0.05, 0.1) is 5.52 Å². The van der Waals surface area contributed by atoms with Gasteiger partial charge in [0.25, 0.3) is 0 Å². The van der Waals surface area contributed by atoms with E-state index in [1.165, 1.54) is 31.3 Å². The van der Waals surface area contributed by atoms with Crippen LogP contribution in [0.3, 0.4) is 0 Å². The fraction of sp³-hybridized carbons (Fsp3) is 0.389. The first-order chi connectivity index (χ1) is 11.2. The summed E-state index contributed by atoms with van der Waals surface area (Å²) in [5.41, 5.74) is 7.98. The number of para-hydroxylation sites is 1. The average Bonchev–Trinajstić information content (AvgIpc) is 3.44. The first-order valence-electron chi connectivity index (χ1n) is 8.10. The normalized spacial score (nSPS) is 17.0. The van der Waals surface area contributed by atoms with E-state index in [2.05, 4.69) is 9.97 Å². The number of anilines is 1. The SMILES string of the molecule is Nc1nc(COC(=O)C=C(C2CC2)C2CC2)nc2ccccc12. The van der Waals surface area contributed by atoms with Gasteiger partial charge in [0, 0.05) is 11.5 Å². The van der Waals surface area contributed by atoms with E-state index in [1.807, 2.05) is 24.3 Å². The minimum Gasteiger partial charge on any atom is -0.454 e. The zero-order valence-electron chi connectivity index (χ0n) is 12.9. The first kappa shape index (κ1) is 14.2. The van der Waals surface area contributed by atoms with Gasteiger partial charge in [-0.2, -0.15) is 0 Å². The van der Waals surface area contributed by atoms with Crippen molar-refractivity contribution in [2.24, 2.45) is 11.8 Å². The maximum atomic E-state index is 12.1. The van der Waals surface area contributed by atoms with E-state index in [0.29, 0.717) is 23.5 Å². The Hall–Kier alpha value is -2.43. The van der Waals surface area contributed by atoms with Crippen LogP contribution in [0.25, 0.3) is 10.9 Å². The van der Waals surface area contributed by atoms with Crippen LogP contribution in [0, 0.1) is 11.8 Å². The van der Waals surface area contributed by atoms with Crippen molar-refractivity contribution in [1.82, 2.24) is 9.97 Å². The van der Waals surface area contributed by atoms with Crippen LogP contribution >= 0.6 is 0 Å². The van der Waals surface area contributed by atoms with E-state index in [9.17, 15) is 4.79 Å². The minimum atomic E-state index is -0.297. The van der Waals surface area contributed by atoms with Gasteiger partial charge in [-0.05, 0) is 49.7 Å². The van der Waals surface area contributed by atoms with Crippen molar-refractivity contribution in [3.8, 4) is 0 Å². The number of carbonyl (C=O) groups is 1. The van der Waals surface area contributed by atoms with Crippen molar-refractivity contribution >= 4 is 22.7 Å². The molecule has 118 valence electrons. The molecule has 2 fully saturated rings. The summed E-state index contributed by atoms with van der Waals surface area (Å²) in [7, 11) is 0. The number of fused-ring (bicyclic) bond motifs is 1. The third kappa shape index (κ3) is 3.18. The molecule has 1 heterocycles. The predicted molar refractivity (Wildman–Crippen MR) is 87.3 cm³/mol. The number of carbonyl (C=O) groups excluding carboxylic acids is 1. The molecule has 5 nitrogen and oxygen atoms in total. The van der Waals surface area contributed by atoms with Crippen molar-refractivity contribution in [1.29, 1.82) is 0 Å². The molecule has 2 aliphatic carbocycles. The van der Waals surface area contributed by atoms with Gasteiger partial charge < -0.3 is 10.5 Å². The third-order valence-corrected chi connectivity index (χ3v) is 4.40. The molecule has 0 bridgehead atoms. The van der Waals surface area contributed by atoms with Crippen LogP contribution < -0.4 is 5.73 Å². The van der Waals surface area contributed by atoms with Crippen LogP contribution in [-0.2, 0) is 16.1 Å². The van der Waals surface area contributed by atoms with E-state index in [4.69, 9.17) is 10.5 Å². The Morgan fingerprint density at radius 2 is 1.87 bits per heavy atom. The second kappa shape index (κ2) is 5.65. The standard InChI is InChI=1S/C18H19N3O2/c19-18-13-3-1-2-4-15(13)20-16(21-18)10-23-17(22)9-14(11-5-6-11)12-7-8-12/h1-4,9,11-12H,5-8,10H2,(H2,19,20,21). The molecule has 0 amide bonds. The van der Waals surface area contributed by atoms with E-state index < -0.39 is 0 Å². The second-order valence-corrected chi connectivity index (χ2v) is 6.34. The van der Waals surface area contributed by atoms with E-state index in [1.54, 1.807) is 6.08 Å². The summed E-state index contributed by atoms with van der Waals surface area (Å²) in [5, 5.41) is 0.812. The van der Waals surface area contributed by atoms with Gasteiger partial charge in [0.15, 0.2) is 12.4 Å². The molecule has 0 spiro atoms. The number of hydrogen-bond donors (Lipinski definition) is 1. The third-order valence-electron chi connectivity index (χ3n) is 4.40. The highest BCUT2D eigenvalue weighted by Crippen LogP contribution is 2.48. The van der Waals surface area contributed by atoms with Crippen LogP contribution in [-0.4, -0.2) is 15.9 Å². The van der Waals surface area contributed by atoms with Crippen LogP contribution in [0.1, 0.15) is 31.5 Å². The van der Waals surface area contributed by atoms with Gasteiger partial charge in [-0.1, -0.05) is 17.7 Å². The fourth-order valence-electron chi connectivity index (χ4n) is 2.93. The molecule has 4 rings (SSSR count). The lowest BCUT2D eigenvalue weighted by molar-refractivity contribution is -0.139.